The quantitative estimate of drug-likeness (QED) is 0.472. The molecule has 1 aliphatic heterocycles. The van der Waals surface area contributed by atoms with E-state index in [2.05, 4.69) is 44.7 Å². The molecule has 0 unspecified atom stereocenters. The third-order valence-corrected chi connectivity index (χ3v) is 6.03. The molecule has 0 spiro atoms. The summed E-state index contributed by atoms with van der Waals surface area (Å²) in [6.45, 7) is 2.64. The van der Waals surface area contributed by atoms with Gasteiger partial charge in [0.2, 0.25) is 5.91 Å². The molecule has 0 saturated heterocycles. The number of nitrogens with one attached hydrogen (secondary N) is 2. The van der Waals surface area contributed by atoms with E-state index in [1.54, 1.807) is 0 Å². The molecule has 4 aromatic rings. The minimum absolute atomic E-state index is 0.0663. The highest BCUT2D eigenvalue weighted by Gasteiger charge is 2.27. The van der Waals surface area contributed by atoms with Crippen molar-refractivity contribution < 1.29 is 4.79 Å². The molecule has 1 aliphatic rings. The average Bonchev–Trinajstić information content (AvgIpc) is 3.23. The summed E-state index contributed by atoms with van der Waals surface area (Å²) in [5, 5.41) is 10.7. The molecule has 160 valence electrons. The van der Waals surface area contributed by atoms with Crippen LogP contribution in [0.1, 0.15) is 33.9 Å². The number of aromatic amines is 1. The number of aromatic nitrogens is 2. The molecule has 0 aliphatic carbocycles. The van der Waals surface area contributed by atoms with Crippen molar-refractivity contribution in [2.24, 2.45) is 0 Å². The number of hydrogen-bond donors (Lipinski definition) is 2. The van der Waals surface area contributed by atoms with Crippen LogP contribution in [0.3, 0.4) is 0 Å². The van der Waals surface area contributed by atoms with E-state index in [0.717, 1.165) is 48.4 Å². The monoisotopic (exact) mass is 422 g/mol. The summed E-state index contributed by atoms with van der Waals surface area (Å²) in [5.41, 5.74) is 5.43. The van der Waals surface area contributed by atoms with Gasteiger partial charge in [-0.1, -0.05) is 91.0 Å². The fourth-order valence-electron chi connectivity index (χ4n) is 4.43. The molecule has 1 amide bonds. The summed E-state index contributed by atoms with van der Waals surface area (Å²) >= 11 is 0. The zero-order valence-corrected chi connectivity index (χ0v) is 17.9. The van der Waals surface area contributed by atoms with Crippen LogP contribution in [0.5, 0.6) is 0 Å². The Kier molecular flexibility index (Phi) is 5.81. The molecule has 2 heterocycles. The maximum Gasteiger partial charge on any atom is 0.237 e. The topological polar surface area (TPSA) is 61.0 Å². The third kappa shape index (κ3) is 4.34. The first-order chi connectivity index (χ1) is 15.8. The Labute approximate surface area is 188 Å². The molecule has 3 aromatic carbocycles. The maximum atomic E-state index is 13.4. The minimum atomic E-state index is -0.386. The van der Waals surface area contributed by atoms with Crippen LogP contribution in [-0.2, 0) is 24.3 Å². The van der Waals surface area contributed by atoms with Gasteiger partial charge in [-0.3, -0.25) is 14.8 Å². The lowest BCUT2D eigenvalue weighted by atomic mass is 9.90. The largest absolute Gasteiger partial charge is 0.308 e. The average molecular weight is 423 g/mol. The van der Waals surface area contributed by atoms with Gasteiger partial charge in [0.05, 0.1) is 11.6 Å². The van der Waals surface area contributed by atoms with Crippen molar-refractivity contribution in [2.45, 2.75) is 25.4 Å². The summed E-state index contributed by atoms with van der Waals surface area (Å²) in [5.74, 6) is 0.201. The van der Waals surface area contributed by atoms with Crippen LogP contribution in [0.15, 0.2) is 91.0 Å². The lowest BCUT2D eigenvalue weighted by Crippen LogP contribution is -2.30. The number of fused-ring (bicyclic) bond motifs is 1. The zero-order valence-electron chi connectivity index (χ0n) is 17.9. The number of anilines is 1. The second-order valence-electron chi connectivity index (χ2n) is 8.22. The Bertz CT molecular complexity index is 1130. The van der Waals surface area contributed by atoms with Crippen molar-refractivity contribution in [1.82, 2.24) is 15.1 Å². The Morgan fingerprint density at radius 1 is 0.906 bits per heavy atom. The Morgan fingerprint density at radius 3 is 2.12 bits per heavy atom. The molecule has 0 fully saturated rings. The summed E-state index contributed by atoms with van der Waals surface area (Å²) in [7, 11) is 0. The van der Waals surface area contributed by atoms with Crippen LogP contribution >= 0.6 is 0 Å². The highest BCUT2D eigenvalue weighted by Crippen LogP contribution is 2.29. The van der Waals surface area contributed by atoms with Gasteiger partial charge in [0.25, 0.3) is 0 Å². The number of carbonyl (C=O) groups is 1. The maximum absolute atomic E-state index is 13.4. The van der Waals surface area contributed by atoms with E-state index in [1.165, 1.54) is 5.56 Å². The van der Waals surface area contributed by atoms with Gasteiger partial charge in [0.15, 0.2) is 5.82 Å². The number of nitrogens with zero attached hydrogens (tertiary/aromatic N) is 2. The van der Waals surface area contributed by atoms with E-state index >= 15 is 0 Å². The Hall–Kier alpha value is -3.70. The summed E-state index contributed by atoms with van der Waals surface area (Å²) in [4.78, 5) is 15.8. The second-order valence-corrected chi connectivity index (χ2v) is 8.22. The molecule has 5 rings (SSSR count). The number of carbonyl (C=O) groups excluding carboxylic acids is 1. The van der Waals surface area contributed by atoms with Gasteiger partial charge in [-0.2, -0.15) is 5.10 Å². The molecule has 0 radical (unpaired) electrons. The van der Waals surface area contributed by atoms with Crippen molar-refractivity contribution in [3.8, 4) is 0 Å². The van der Waals surface area contributed by atoms with Gasteiger partial charge in [0, 0.05) is 25.2 Å². The van der Waals surface area contributed by atoms with Crippen LogP contribution in [0.25, 0.3) is 0 Å². The molecule has 0 bridgehead atoms. The van der Waals surface area contributed by atoms with Crippen molar-refractivity contribution in [1.29, 1.82) is 0 Å². The molecular formula is C27H26N4O. The van der Waals surface area contributed by atoms with Crippen LogP contribution in [0.4, 0.5) is 5.82 Å². The van der Waals surface area contributed by atoms with E-state index in [1.807, 2.05) is 66.7 Å². The highest BCUT2D eigenvalue weighted by atomic mass is 16.2. The van der Waals surface area contributed by atoms with Gasteiger partial charge in [-0.05, 0) is 23.1 Å². The lowest BCUT2D eigenvalue weighted by molar-refractivity contribution is -0.116. The van der Waals surface area contributed by atoms with Crippen molar-refractivity contribution in [3.05, 3.63) is 119 Å². The van der Waals surface area contributed by atoms with E-state index in [0.29, 0.717) is 5.82 Å². The van der Waals surface area contributed by atoms with E-state index < -0.39 is 0 Å². The summed E-state index contributed by atoms with van der Waals surface area (Å²) < 4.78 is 0. The molecule has 2 N–H and O–H groups in total. The van der Waals surface area contributed by atoms with E-state index in [4.69, 9.17) is 0 Å². The molecule has 0 atom stereocenters. The van der Waals surface area contributed by atoms with Crippen molar-refractivity contribution >= 4 is 11.7 Å². The smallest absolute Gasteiger partial charge is 0.237 e. The molecule has 0 saturated carbocycles. The van der Waals surface area contributed by atoms with Gasteiger partial charge in [-0.15, -0.1) is 0 Å². The van der Waals surface area contributed by atoms with Gasteiger partial charge in [-0.25, -0.2) is 0 Å². The molecule has 5 nitrogen and oxygen atoms in total. The zero-order chi connectivity index (χ0) is 21.8. The first-order valence-corrected chi connectivity index (χ1v) is 11.0. The Balaban J connectivity index is 1.34. The van der Waals surface area contributed by atoms with E-state index in [9.17, 15) is 4.79 Å². The summed E-state index contributed by atoms with van der Waals surface area (Å²) in [6, 6.07) is 30.3. The normalized spacial score (nSPS) is 13.7. The number of H-pyrrole nitrogens is 1. The van der Waals surface area contributed by atoms with Crippen molar-refractivity contribution in [3.63, 3.8) is 0 Å². The SMILES string of the molecule is O=C(Nc1n[nH]c2c1CCN(Cc1ccccc1)C2)C(c1ccccc1)c1ccccc1. The standard InChI is InChI=1S/C27H26N4O/c32-27(25(21-12-6-2-7-13-21)22-14-8-3-9-15-22)28-26-23-16-17-31(19-24(23)29-30-26)18-20-10-4-1-5-11-20/h1-15,25H,16-19H2,(H2,28,29,30,32). The van der Waals surface area contributed by atoms with Crippen molar-refractivity contribution in [2.75, 3.05) is 11.9 Å². The van der Waals surface area contributed by atoms with Crippen LogP contribution in [0.2, 0.25) is 0 Å². The van der Waals surface area contributed by atoms with Crippen LogP contribution in [0, 0.1) is 0 Å². The molecular weight excluding hydrogens is 396 g/mol. The van der Waals surface area contributed by atoms with Crippen LogP contribution in [-0.4, -0.2) is 27.5 Å². The van der Waals surface area contributed by atoms with Gasteiger partial charge in [0.1, 0.15) is 0 Å². The molecule has 1 aromatic heterocycles. The summed E-state index contributed by atoms with van der Waals surface area (Å²) in [6.07, 6.45) is 0.857. The number of benzene rings is 3. The van der Waals surface area contributed by atoms with Gasteiger partial charge < -0.3 is 5.32 Å². The second kappa shape index (κ2) is 9.20. The predicted octanol–water partition coefficient (Wildman–Crippen LogP) is 4.74. The van der Waals surface area contributed by atoms with Gasteiger partial charge >= 0.3 is 0 Å². The van der Waals surface area contributed by atoms with Crippen LogP contribution < -0.4 is 5.32 Å². The fourth-order valence-corrected chi connectivity index (χ4v) is 4.43. The molecule has 5 heteroatoms. The number of amides is 1. The number of rotatable bonds is 6. The highest BCUT2D eigenvalue weighted by molar-refractivity contribution is 5.98. The third-order valence-electron chi connectivity index (χ3n) is 6.03. The fraction of sp³-hybridized carbons (Fsp3) is 0.185. The first kappa shape index (κ1) is 20.2. The predicted molar refractivity (Wildman–Crippen MR) is 126 cm³/mol. The lowest BCUT2D eigenvalue weighted by Gasteiger charge is -2.26. The van der Waals surface area contributed by atoms with E-state index in [-0.39, 0.29) is 11.8 Å². The molecule has 32 heavy (non-hydrogen) atoms. The minimum Gasteiger partial charge on any atom is -0.308 e. The Morgan fingerprint density at radius 2 is 1.50 bits per heavy atom. The first-order valence-electron chi connectivity index (χ1n) is 11.0. The number of hydrogen-bond acceptors (Lipinski definition) is 3.